The summed E-state index contributed by atoms with van der Waals surface area (Å²) in [4.78, 5) is 19.0. The maximum Gasteiger partial charge on any atom is 0.244 e. The van der Waals surface area contributed by atoms with E-state index in [-0.39, 0.29) is 11.8 Å². The number of piperidine rings is 1. The van der Waals surface area contributed by atoms with Crippen LogP contribution in [0.5, 0.6) is 0 Å². The Bertz CT molecular complexity index is 726. The van der Waals surface area contributed by atoms with Crippen molar-refractivity contribution >= 4 is 5.91 Å². The molecule has 0 unspecified atom stereocenters. The van der Waals surface area contributed by atoms with E-state index < -0.39 is 0 Å². The quantitative estimate of drug-likeness (QED) is 0.832. The molecular formula is C18H27N5O2. The van der Waals surface area contributed by atoms with E-state index in [1.165, 1.54) is 0 Å². The minimum atomic E-state index is 0.121. The van der Waals surface area contributed by atoms with Gasteiger partial charge in [-0.25, -0.2) is 0 Å². The van der Waals surface area contributed by atoms with Gasteiger partial charge in [0.1, 0.15) is 6.54 Å². The molecule has 0 aliphatic carbocycles. The molecule has 2 aromatic rings. The van der Waals surface area contributed by atoms with Crippen molar-refractivity contribution in [3.8, 4) is 0 Å². The highest BCUT2D eigenvalue weighted by molar-refractivity contribution is 5.76. The zero-order valence-electron chi connectivity index (χ0n) is 15.5. The maximum absolute atomic E-state index is 12.5. The van der Waals surface area contributed by atoms with Crippen LogP contribution in [0.15, 0.2) is 10.6 Å². The lowest BCUT2D eigenvalue weighted by Gasteiger charge is -2.30. The van der Waals surface area contributed by atoms with E-state index in [1.54, 1.807) is 4.68 Å². The number of aromatic nitrogens is 4. The molecule has 0 radical (unpaired) electrons. The Morgan fingerprint density at radius 1 is 1.32 bits per heavy atom. The smallest absolute Gasteiger partial charge is 0.244 e. The summed E-state index contributed by atoms with van der Waals surface area (Å²) in [7, 11) is 0. The van der Waals surface area contributed by atoms with Gasteiger partial charge in [-0.15, -0.1) is 0 Å². The molecule has 7 heteroatoms. The molecule has 0 spiro atoms. The predicted octanol–water partition coefficient (Wildman–Crippen LogP) is 2.49. The van der Waals surface area contributed by atoms with Crippen LogP contribution in [0.2, 0.25) is 0 Å². The summed E-state index contributed by atoms with van der Waals surface area (Å²) >= 11 is 0. The highest BCUT2D eigenvalue weighted by Gasteiger charge is 2.27. The fraction of sp³-hybridized carbons (Fsp3) is 0.667. The lowest BCUT2D eigenvalue weighted by molar-refractivity contribution is -0.133. The van der Waals surface area contributed by atoms with E-state index in [4.69, 9.17) is 4.52 Å². The number of likely N-dealkylation sites (tertiary alicyclic amines) is 1. The van der Waals surface area contributed by atoms with Gasteiger partial charge >= 0.3 is 0 Å². The van der Waals surface area contributed by atoms with Gasteiger partial charge < -0.3 is 9.42 Å². The van der Waals surface area contributed by atoms with Gasteiger partial charge in [-0.3, -0.25) is 9.48 Å². The standard InChI is InChI=1S/C18H27N5O2/c1-12(2)9-16-19-18(25-21-16)15-5-7-22(8-6-15)17(24)11-23-14(4)10-13(3)20-23/h10,12,15H,5-9,11H2,1-4H3. The molecule has 1 fully saturated rings. The molecule has 1 aliphatic heterocycles. The fourth-order valence-electron chi connectivity index (χ4n) is 3.32. The van der Waals surface area contributed by atoms with E-state index in [0.29, 0.717) is 12.5 Å². The first-order valence-corrected chi connectivity index (χ1v) is 9.03. The summed E-state index contributed by atoms with van der Waals surface area (Å²) in [6, 6.07) is 1.99. The zero-order valence-corrected chi connectivity index (χ0v) is 15.5. The summed E-state index contributed by atoms with van der Waals surface area (Å²) in [5, 5.41) is 8.45. The monoisotopic (exact) mass is 345 g/mol. The lowest BCUT2D eigenvalue weighted by Crippen LogP contribution is -2.40. The molecule has 1 saturated heterocycles. The first-order chi connectivity index (χ1) is 11.9. The topological polar surface area (TPSA) is 77.0 Å². The van der Waals surface area contributed by atoms with E-state index in [2.05, 4.69) is 29.1 Å². The highest BCUT2D eigenvalue weighted by Crippen LogP contribution is 2.27. The van der Waals surface area contributed by atoms with E-state index in [9.17, 15) is 4.79 Å². The van der Waals surface area contributed by atoms with Gasteiger partial charge in [-0.05, 0) is 38.7 Å². The Labute approximate surface area is 148 Å². The zero-order chi connectivity index (χ0) is 18.0. The van der Waals surface area contributed by atoms with Crippen LogP contribution in [-0.4, -0.2) is 43.8 Å². The van der Waals surface area contributed by atoms with Gasteiger partial charge in [-0.1, -0.05) is 19.0 Å². The normalized spacial score (nSPS) is 16.0. The van der Waals surface area contributed by atoms with Gasteiger partial charge in [0.05, 0.1) is 5.69 Å². The van der Waals surface area contributed by atoms with Crippen LogP contribution in [0.4, 0.5) is 0 Å². The van der Waals surface area contributed by atoms with Crippen molar-refractivity contribution in [1.82, 2.24) is 24.8 Å². The molecule has 0 saturated carbocycles. The minimum absolute atomic E-state index is 0.121. The van der Waals surface area contributed by atoms with Crippen LogP contribution in [0.1, 0.15) is 55.7 Å². The maximum atomic E-state index is 12.5. The number of carbonyl (C=O) groups excluding carboxylic acids is 1. The van der Waals surface area contributed by atoms with Crippen LogP contribution in [0.3, 0.4) is 0 Å². The average molecular weight is 345 g/mol. The van der Waals surface area contributed by atoms with Gasteiger partial charge in [0.2, 0.25) is 11.8 Å². The van der Waals surface area contributed by atoms with Crippen LogP contribution >= 0.6 is 0 Å². The number of carbonyl (C=O) groups is 1. The Morgan fingerprint density at radius 3 is 2.64 bits per heavy atom. The third kappa shape index (κ3) is 4.27. The van der Waals surface area contributed by atoms with Crippen molar-refractivity contribution in [2.45, 2.75) is 59.4 Å². The van der Waals surface area contributed by atoms with Crippen LogP contribution in [0.25, 0.3) is 0 Å². The van der Waals surface area contributed by atoms with Crippen molar-refractivity contribution in [3.05, 3.63) is 29.2 Å². The van der Waals surface area contributed by atoms with Gasteiger partial charge in [0.15, 0.2) is 5.82 Å². The third-order valence-corrected chi connectivity index (χ3v) is 4.66. The Morgan fingerprint density at radius 2 is 2.04 bits per heavy atom. The first kappa shape index (κ1) is 17.6. The molecule has 0 N–H and O–H groups in total. The summed E-state index contributed by atoms with van der Waals surface area (Å²) in [5.74, 6) is 2.40. The molecule has 7 nitrogen and oxygen atoms in total. The number of nitrogens with zero attached hydrogens (tertiary/aromatic N) is 5. The molecular weight excluding hydrogens is 318 g/mol. The van der Waals surface area contributed by atoms with Gasteiger partial charge in [-0.2, -0.15) is 10.1 Å². The van der Waals surface area contributed by atoms with Crippen LogP contribution in [0, 0.1) is 19.8 Å². The summed E-state index contributed by atoms with van der Waals surface area (Å²) in [5.41, 5.74) is 1.96. The molecule has 1 amide bonds. The Balaban J connectivity index is 1.53. The molecule has 136 valence electrons. The summed E-state index contributed by atoms with van der Waals surface area (Å²) in [6.07, 6.45) is 2.57. The second-order valence-corrected chi connectivity index (χ2v) is 7.39. The average Bonchev–Trinajstić information content (AvgIpc) is 3.13. The molecule has 3 rings (SSSR count). The van der Waals surface area contributed by atoms with Crippen LogP contribution < -0.4 is 0 Å². The molecule has 0 aromatic carbocycles. The third-order valence-electron chi connectivity index (χ3n) is 4.66. The number of amides is 1. The molecule has 25 heavy (non-hydrogen) atoms. The Hall–Kier alpha value is -2.18. The van der Waals surface area contributed by atoms with E-state index in [1.807, 2.05) is 24.8 Å². The first-order valence-electron chi connectivity index (χ1n) is 9.03. The van der Waals surface area contributed by atoms with Crippen molar-refractivity contribution in [2.24, 2.45) is 5.92 Å². The van der Waals surface area contributed by atoms with Gasteiger partial charge in [0, 0.05) is 31.1 Å². The minimum Gasteiger partial charge on any atom is -0.341 e. The second kappa shape index (κ2) is 7.37. The molecule has 0 bridgehead atoms. The second-order valence-electron chi connectivity index (χ2n) is 7.39. The molecule has 0 atom stereocenters. The molecule has 2 aromatic heterocycles. The lowest BCUT2D eigenvalue weighted by atomic mass is 9.96. The SMILES string of the molecule is Cc1cc(C)n(CC(=O)N2CCC(c3nc(CC(C)C)no3)CC2)n1. The van der Waals surface area contributed by atoms with Crippen molar-refractivity contribution in [3.63, 3.8) is 0 Å². The number of hydrogen-bond donors (Lipinski definition) is 0. The van der Waals surface area contributed by atoms with Gasteiger partial charge in [0.25, 0.3) is 0 Å². The van der Waals surface area contributed by atoms with E-state index in [0.717, 1.165) is 55.5 Å². The van der Waals surface area contributed by atoms with Crippen molar-refractivity contribution < 1.29 is 9.32 Å². The van der Waals surface area contributed by atoms with Crippen molar-refractivity contribution in [2.75, 3.05) is 13.1 Å². The van der Waals surface area contributed by atoms with E-state index >= 15 is 0 Å². The fourth-order valence-corrected chi connectivity index (χ4v) is 3.32. The molecule has 1 aliphatic rings. The number of hydrogen-bond acceptors (Lipinski definition) is 5. The predicted molar refractivity (Wildman–Crippen MR) is 93.1 cm³/mol. The highest BCUT2D eigenvalue weighted by atomic mass is 16.5. The number of aryl methyl sites for hydroxylation is 2. The number of rotatable bonds is 5. The summed E-state index contributed by atoms with van der Waals surface area (Å²) in [6.45, 7) is 9.96. The van der Waals surface area contributed by atoms with Crippen molar-refractivity contribution in [1.29, 1.82) is 0 Å². The summed E-state index contributed by atoms with van der Waals surface area (Å²) < 4.78 is 7.21. The Kier molecular flexibility index (Phi) is 5.20. The largest absolute Gasteiger partial charge is 0.341 e. The van der Waals surface area contributed by atoms with Crippen LogP contribution in [-0.2, 0) is 17.8 Å². The molecule has 3 heterocycles.